The summed E-state index contributed by atoms with van der Waals surface area (Å²) in [5.41, 5.74) is 1.88. The molecule has 0 amide bonds. The number of thiazole rings is 1. The minimum Gasteiger partial charge on any atom is -0.380 e. The Bertz CT molecular complexity index is 251. The van der Waals surface area contributed by atoms with E-state index in [1.807, 2.05) is 11.7 Å². The van der Waals surface area contributed by atoms with Crippen molar-refractivity contribution in [1.29, 1.82) is 0 Å². The fourth-order valence-corrected chi connectivity index (χ4v) is 2.11. The maximum absolute atomic E-state index is 5.38. The van der Waals surface area contributed by atoms with Crippen LogP contribution in [-0.4, -0.2) is 30.8 Å². The van der Waals surface area contributed by atoms with Crippen LogP contribution in [-0.2, 0) is 11.2 Å². The number of hydrogen-bond acceptors (Lipinski definition) is 4. The van der Waals surface area contributed by atoms with Gasteiger partial charge in [0.05, 0.1) is 11.6 Å². The fourth-order valence-electron chi connectivity index (χ4n) is 1.46. The zero-order chi connectivity index (χ0) is 11.1. The van der Waals surface area contributed by atoms with E-state index < -0.39 is 0 Å². The third kappa shape index (κ3) is 4.28. The molecule has 4 heteroatoms. The zero-order valence-electron chi connectivity index (χ0n) is 9.69. The number of rotatable bonds is 7. The van der Waals surface area contributed by atoms with E-state index in [1.165, 1.54) is 4.88 Å². The van der Waals surface area contributed by atoms with Gasteiger partial charge in [-0.3, -0.25) is 4.98 Å². The number of nitrogens with zero attached hydrogens (tertiary/aromatic N) is 1. The Morgan fingerprint density at radius 1 is 1.60 bits per heavy atom. The van der Waals surface area contributed by atoms with E-state index in [1.54, 1.807) is 18.4 Å². The highest BCUT2D eigenvalue weighted by Crippen LogP contribution is 2.11. The summed E-state index contributed by atoms with van der Waals surface area (Å²) in [5, 5.41) is 3.51. The normalized spacial score (nSPS) is 15.1. The van der Waals surface area contributed by atoms with Crippen molar-refractivity contribution in [1.82, 2.24) is 10.3 Å². The van der Waals surface area contributed by atoms with E-state index in [9.17, 15) is 0 Å². The number of ether oxygens (including phenoxy) is 1. The summed E-state index contributed by atoms with van der Waals surface area (Å²) < 4.78 is 5.38. The molecule has 1 aromatic heterocycles. The van der Waals surface area contributed by atoms with E-state index >= 15 is 0 Å². The van der Waals surface area contributed by atoms with Crippen molar-refractivity contribution in [2.45, 2.75) is 38.8 Å². The van der Waals surface area contributed by atoms with Crippen LogP contribution in [0.2, 0.25) is 0 Å². The lowest BCUT2D eigenvalue weighted by atomic mass is 10.1. The van der Waals surface area contributed by atoms with Gasteiger partial charge in [0.25, 0.3) is 0 Å². The van der Waals surface area contributed by atoms with Gasteiger partial charge in [-0.15, -0.1) is 11.3 Å². The van der Waals surface area contributed by atoms with Crippen molar-refractivity contribution >= 4 is 11.3 Å². The summed E-state index contributed by atoms with van der Waals surface area (Å²) in [6.45, 7) is 5.32. The molecular weight excluding hydrogens is 208 g/mol. The topological polar surface area (TPSA) is 34.2 Å². The number of hydrogen-bond donors (Lipinski definition) is 1. The molecule has 0 aliphatic heterocycles. The summed E-state index contributed by atoms with van der Waals surface area (Å²) >= 11 is 1.71. The molecule has 0 saturated heterocycles. The molecule has 15 heavy (non-hydrogen) atoms. The Balaban J connectivity index is 2.48. The number of nitrogens with one attached hydrogen (secondary N) is 1. The standard InChI is InChI=1S/C11H20N2OS/c1-4-5-13-11(9(2)14-3)6-10-7-12-8-15-10/h7-9,11,13H,4-6H2,1-3H3. The first kappa shape index (κ1) is 12.6. The Morgan fingerprint density at radius 3 is 2.93 bits per heavy atom. The van der Waals surface area contributed by atoms with Crippen LogP contribution in [0.25, 0.3) is 0 Å². The molecule has 0 aromatic carbocycles. The van der Waals surface area contributed by atoms with Gasteiger partial charge in [-0.1, -0.05) is 6.92 Å². The minimum atomic E-state index is 0.235. The van der Waals surface area contributed by atoms with Gasteiger partial charge in [-0.25, -0.2) is 0 Å². The van der Waals surface area contributed by atoms with E-state index in [0.29, 0.717) is 6.04 Å². The zero-order valence-corrected chi connectivity index (χ0v) is 10.5. The van der Waals surface area contributed by atoms with Crippen molar-refractivity contribution < 1.29 is 4.74 Å². The van der Waals surface area contributed by atoms with Crippen LogP contribution in [0.5, 0.6) is 0 Å². The third-order valence-electron chi connectivity index (χ3n) is 2.50. The molecule has 2 atom stereocenters. The molecule has 1 N–H and O–H groups in total. The molecule has 86 valence electrons. The van der Waals surface area contributed by atoms with Gasteiger partial charge in [0.15, 0.2) is 0 Å². The van der Waals surface area contributed by atoms with E-state index in [4.69, 9.17) is 4.74 Å². The van der Waals surface area contributed by atoms with Crippen LogP contribution in [0.1, 0.15) is 25.1 Å². The van der Waals surface area contributed by atoms with Crippen molar-refractivity contribution in [2.75, 3.05) is 13.7 Å². The van der Waals surface area contributed by atoms with Gasteiger partial charge in [0.1, 0.15) is 0 Å². The summed E-state index contributed by atoms with van der Waals surface area (Å²) in [5.74, 6) is 0. The highest BCUT2D eigenvalue weighted by molar-refractivity contribution is 7.09. The lowest BCUT2D eigenvalue weighted by Gasteiger charge is -2.23. The van der Waals surface area contributed by atoms with Crippen LogP contribution in [0.3, 0.4) is 0 Å². The Kier molecular flexibility index (Phi) is 5.83. The average molecular weight is 228 g/mol. The first-order valence-corrected chi connectivity index (χ1v) is 6.29. The molecule has 0 spiro atoms. The quantitative estimate of drug-likeness (QED) is 0.776. The molecular formula is C11H20N2OS. The largest absolute Gasteiger partial charge is 0.380 e. The van der Waals surface area contributed by atoms with E-state index in [-0.39, 0.29) is 6.10 Å². The molecule has 0 bridgehead atoms. The maximum Gasteiger partial charge on any atom is 0.0794 e. The summed E-state index contributed by atoms with van der Waals surface area (Å²) in [6, 6.07) is 0.385. The van der Waals surface area contributed by atoms with Gasteiger partial charge in [-0.05, 0) is 19.9 Å². The molecule has 0 aliphatic carbocycles. The molecule has 0 saturated carbocycles. The predicted molar refractivity (Wildman–Crippen MR) is 64.4 cm³/mol. The molecule has 1 aromatic rings. The molecule has 1 heterocycles. The first-order valence-electron chi connectivity index (χ1n) is 5.41. The van der Waals surface area contributed by atoms with E-state index in [2.05, 4.69) is 24.1 Å². The lowest BCUT2D eigenvalue weighted by molar-refractivity contribution is 0.0833. The Labute approximate surface area is 95.9 Å². The second-order valence-electron chi connectivity index (χ2n) is 3.67. The summed E-state index contributed by atoms with van der Waals surface area (Å²) in [6.07, 6.45) is 4.32. The van der Waals surface area contributed by atoms with Crippen LogP contribution >= 0.6 is 11.3 Å². The molecule has 0 aliphatic rings. The predicted octanol–water partition coefficient (Wildman–Crippen LogP) is 2.09. The van der Waals surface area contributed by atoms with Crippen LogP contribution < -0.4 is 5.32 Å². The summed E-state index contributed by atoms with van der Waals surface area (Å²) in [4.78, 5) is 5.40. The number of aromatic nitrogens is 1. The van der Waals surface area contributed by atoms with Crippen molar-refractivity contribution in [3.8, 4) is 0 Å². The Hall–Kier alpha value is -0.450. The molecule has 0 radical (unpaired) electrons. The van der Waals surface area contributed by atoms with Crippen molar-refractivity contribution in [2.24, 2.45) is 0 Å². The average Bonchev–Trinajstić information content (AvgIpc) is 2.75. The second kappa shape index (κ2) is 6.93. The summed E-state index contributed by atoms with van der Waals surface area (Å²) in [7, 11) is 1.76. The second-order valence-corrected chi connectivity index (χ2v) is 4.64. The highest BCUT2D eigenvalue weighted by atomic mass is 32.1. The first-order chi connectivity index (χ1) is 7.27. The highest BCUT2D eigenvalue weighted by Gasteiger charge is 2.16. The van der Waals surface area contributed by atoms with Gasteiger partial charge in [0.2, 0.25) is 0 Å². The number of methoxy groups -OCH3 is 1. The van der Waals surface area contributed by atoms with Crippen LogP contribution in [0.15, 0.2) is 11.7 Å². The van der Waals surface area contributed by atoms with Gasteiger partial charge >= 0.3 is 0 Å². The van der Waals surface area contributed by atoms with Crippen LogP contribution in [0.4, 0.5) is 0 Å². The fraction of sp³-hybridized carbons (Fsp3) is 0.727. The third-order valence-corrected chi connectivity index (χ3v) is 3.30. The van der Waals surface area contributed by atoms with Crippen LogP contribution in [0, 0.1) is 0 Å². The minimum absolute atomic E-state index is 0.235. The maximum atomic E-state index is 5.38. The molecule has 2 unspecified atom stereocenters. The Morgan fingerprint density at radius 2 is 2.40 bits per heavy atom. The molecule has 3 nitrogen and oxygen atoms in total. The van der Waals surface area contributed by atoms with Crippen molar-refractivity contribution in [3.63, 3.8) is 0 Å². The lowest BCUT2D eigenvalue weighted by Crippen LogP contribution is -2.41. The van der Waals surface area contributed by atoms with Gasteiger partial charge in [0, 0.05) is 30.6 Å². The molecule has 0 fully saturated rings. The smallest absolute Gasteiger partial charge is 0.0794 e. The van der Waals surface area contributed by atoms with Gasteiger partial charge < -0.3 is 10.1 Å². The molecule has 1 rings (SSSR count). The van der Waals surface area contributed by atoms with Crippen molar-refractivity contribution in [3.05, 3.63) is 16.6 Å². The SMILES string of the molecule is CCCNC(Cc1cncs1)C(C)OC. The van der Waals surface area contributed by atoms with Gasteiger partial charge in [-0.2, -0.15) is 0 Å². The van der Waals surface area contributed by atoms with E-state index in [0.717, 1.165) is 19.4 Å². The monoisotopic (exact) mass is 228 g/mol.